The van der Waals surface area contributed by atoms with Gasteiger partial charge in [0.25, 0.3) is 0 Å². The number of hydrogen-bond donors (Lipinski definition) is 1. The van der Waals surface area contributed by atoms with E-state index in [0.29, 0.717) is 13.2 Å². The van der Waals surface area contributed by atoms with Gasteiger partial charge in [0.1, 0.15) is 6.04 Å². The maximum Gasteiger partial charge on any atom is 0.323 e. The molecule has 1 atom stereocenters. The fourth-order valence-electron chi connectivity index (χ4n) is 2.65. The number of rotatable bonds is 3. The van der Waals surface area contributed by atoms with Crippen LogP contribution >= 0.6 is 0 Å². The molecule has 1 heterocycles. The monoisotopic (exact) mass is 213 g/mol. The van der Waals surface area contributed by atoms with Crippen molar-refractivity contribution in [1.29, 1.82) is 0 Å². The molecule has 0 radical (unpaired) electrons. The highest BCUT2D eigenvalue weighted by molar-refractivity contribution is 5.77. The van der Waals surface area contributed by atoms with E-state index in [2.05, 4.69) is 0 Å². The van der Waals surface area contributed by atoms with Crippen molar-refractivity contribution in [2.24, 2.45) is 0 Å². The number of carbonyl (C=O) groups is 1. The number of ether oxygens (including phenoxy) is 1. The smallest absolute Gasteiger partial charge is 0.323 e. The number of likely N-dealkylation sites (N-methyl/N-ethyl adjacent to an activating group) is 1. The van der Waals surface area contributed by atoms with Crippen molar-refractivity contribution in [2.45, 2.75) is 43.7 Å². The van der Waals surface area contributed by atoms with Crippen LogP contribution in [0.3, 0.4) is 0 Å². The van der Waals surface area contributed by atoms with Gasteiger partial charge in [-0.25, -0.2) is 0 Å². The highest BCUT2D eigenvalue weighted by atomic mass is 16.5. The number of nitrogens with zero attached hydrogens (tertiary/aromatic N) is 1. The molecule has 0 amide bonds. The summed E-state index contributed by atoms with van der Waals surface area (Å²) in [6, 6.07) is -0.144. The van der Waals surface area contributed by atoms with Crippen LogP contribution in [-0.2, 0) is 9.53 Å². The molecule has 2 aliphatic rings. The van der Waals surface area contributed by atoms with E-state index in [0.717, 1.165) is 32.1 Å². The minimum absolute atomic E-state index is 0.140. The van der Waals surface area contributed by atoms with Crippen LogP contribution in [0, 0.1) is 0 Å². The van der Waals surface area contributed by atoms with E-state index in [-0.39, 0.29) is 12.0 Å². The first-order valence-electron chi connectivity index (χ1n) is 5.70. The Kier molecular flexibility index (Phi) is 2.98. The zero-order chi connectivity index (χ0) is 10.9. The third-order valence-corrected chi connectivity index (χ3v) is 3.52. The molecule has 15 heavy (non-hydrogen) atoms. The molecule has 4 nitrogen and oxygen atoms in total. The highest BCUT2D eigenvalue weighted by Crippen LogP contribution is 2.30. The van der Waals surface area contributed by atoms with Gasteiger partial charge in [-0.3, -0.25) is 9.69 Å². The summed E-state index contributed by atoms with van der Waals surface area (Å²) >= 11 is 0. The van der Waals surface area contributed by atoms with Gasteiger partial charge in [-0.15, -0.1) is 0 Å². The van der Waals surface area contributed by atoms with E-state index in [4.69, 9.17) is 4.74 Å². The van der Waals surface area contributed by atoms with Crippen LogP contribution in [0.15, 0.2) is 0 Å². The zero-order valence-electron chi connectivity index (χ0n) is 9.24. The van der Waals surface area contributed by atoms with Gasteiger partial charge in [0.15, 0.2) is 0 Å². The van der Waals surface area contributed by atoms with E-state index >= 15 is 0 Å². The minimum Gasteiger partial charge on any atom is -0.464 e. The lowest BCUT2D eigenvalue weighted by atomic mass is 10.0. The lowest BCUT2D eigenvalue weighted by molar-refractivity contribution is -0.142. The molecule has 0 aromatic rings. The quantitative estimate of drug-likeness (QED) is 0.695. The molecule has 0 spiro atoms. The van der Waals surface area contributed by atoms with Gasteiger partial charge in [-0.2, -0.15) is 0 Å². The number of hydrogen-bond acceptors (Lipinski definition) is 4. The molecular weight excluding hydrogens is 194 g/mol. The SMILES string of the molecule is CN(CC1(O)CCCC1)C1CCOC1=O. The van der Waals surface area contributed by atoms with Crippen molar-refractivity contribution in [3.05, 3.63) is 0 Å². The number of cyclic esters (lactones) is 1. The van der Waals surface area contributed by atoms with Gasteiger partial charge in [0.2, 0.25) is 0 Å². The molecule has 4 heteroatoms. The van der Waals surface area contributed by atoms with Gasteiger partial charge in [-0.05, 0) is 19.9 Å². The van der Waals surface area contributed by atoms with Crippen molar-refractivity contribution in [2.75, 3.05) is 20.2 Å². The Hall–Kier alpha value is -0.610. The Morgan fingerprint density at radius 2 is 2.20 bits per heavy atom. The van der Waals surface area contributed by atoms with Crippen LogP contribution in [-0.4, -0.2) is 47.8 Å². The molecule has 1 N–H and O–H groups in total. The summed E-state index contributed by atoms with van der Waals surface area (Å²) in [7, 11) is 1.90. The van der Waals surface area contributed by atoms with Gasteiger partial charge in [0, 0.05) is 13.0 Å². The van der Waals surface area contributed by atoms with Crippen LogP contribution < -0.4 is 0 Å². The molecule has 0 bridgehead atoms. The molecule has 1 unspecified atom stereocenters. The second-order valence-electron chi connectivity index (χ2n) is 4.82. The highest BCUT2D eigenvalue weighted by Gasteiger charge is 2.37. The fourth-order valence-corrected chi connectivity index (χ4v) is 2.65. The van der Waals surface area contributed by atoms with Gasteiger partial charge >= 0.3 is 5.97 Å². The van der Waals surface area contributed by atoms with Crippen LogP contribution in [0.1, 0.15) is 32.1 Å². The third kappa shape index (κ3) is 2.32. The maximum absolute atomic E-state index is 11.3. The van der Waals surface area contributed by atoms with E-state index in [1.54, 1.807) is 0 Å². The summed E-state index contributed by atoms with van der Waals surface area (Å²) in [5, 5.41) is 10.2. The predicted octanol–water partition coefficient (Wildman–Crippen LogP) is 0.539. The van der Waals surface area contributed by atoms with Crippen molar-refractivity contribution in [3.63, 3.8) is 0 Å². The second kappa shape index (κ2) is 4.10. The number of aliphatic hydroxyl groups is 1. The number of esters is 1. The molecule has 0 aromatic carbocycles. The number of carbonyl (C=O) groups excluding carboxylic acids is 1. The zero-order valence-corrected chi connectivity index (χ0v) is 9.24. The van der Waals surface area contributed by atoms with Crippen LogP contribution in [0.25, 0.3) is 0 Å². The fraction of sp³-hybridized carbons (Fsp3) is 0.909. The van der Waals surface area contributed by atoms with Crippen LogP contribution in [0.4, 0.5) is 0 Å². The summed E-state index contributed by atoms with van der Waals surface area (Å²) in [5.41, 5.74) is -0.572. The average Bonchev–Trinajstić information content (AvgIpc) is 2.74. The minimum atomic E-state index is -0.572. The Morgan fingerprint density at radius 1 is 1.53 bits per heavy atom. The topological polar surface area (TPSA) is 49.8 Å². The average molecular weight is 213 g/mol. The molecule has 1 saturated carbocycles. The largest absolute Gasteiger partial charge is 0.464 e. The molecule has 2 rings (SSSR count). The normalized spacial score (nSPS) is 29.8. The first-order valence-corrected chi connectivity index (χ1v) is 5.70. The predicted molar refractivity (Wildman–Crippen MR) is 55.4 cm³/mol. The standard InChI is InChI=1S/C11H19NO3/c1-12(9-4-7-15-10(9)13)8-11(14)5-2-3-6-11/h9,14H,2-8H2,1H3. The first-order chi connectivity index (χ1) is 7.11. The second-order valence-corrected chi connectivity index (χ2v) is 4.82. The Labute approximate surface area is 90.2 Å². The Bertz CT molecular complexity index is 248. The first kappa shape index (κ1) is 10.9. The maximum atomic E-state index is 11.3. The van der Waals surface area contributed by atoms with E-state index in [1.165, 1.54) is 0 Å². The molecule has 1 aliphatic heterocycles. The molecule has 2 fully saturated rings. The Balaban J connectivity index is 1.90. The van der Waals surface area contributed by atoms with Crippen molar-refractivity contribution < 1.29 is 14.6 Å². The van der Waals surface area contributed by atoms with Gasteiger partial charge < -0.3 is 9.84 Å². The molecular formula is C11H19NO3. The van der Waals surface area contributed by atoms with Crippen LogP contribution in [0.5, 0.6) is 0 Å². The lowest BCUT2D eigenvalue weighted by Gasteiger charge is -2.30. The molecule has 1 saturated heterocycles. The lowest BCUT2D eigenvalue weighted by Crippen LogP contribution is -2.45. The molecule has 1 aliphatic carbocycles. The van der Waals surface area contributed by atoms with Crippen LogP contribution in [0.2, 0.25) is 0 Å². The van der Waals surface area contributed by atoms with E-state index < -0.39 is 5.60 Å². The molecule has 0 aromatic heterocycles. The van der Waals surface area contributed by atoms with Crippen molar-refractivity contribution in [3.8, 4) is 0 Å². The van der Waals surface area contributed by atoms with Gasteiger partial charge in [0.05, 0.1) is 12.2 Å². The summed E-state index contributed by atoms with van der Waals surface area (Å²) in [4.78, 5) is 13.3. The summed E-state index contributed by atoms with van der Waals surface area (Å²) in [6.45, 7) is 1.11. The van der Waals surface area contributed by atoms with Crippen molar-refractivity contribution in [1.82, 2.24) is 4.90 Å². The van der Waals surface area contributed by atoms with Crippen molar-refractivity contribution >= 4 is 5.97 Å². The summed E-state index contributed by atoms with van der Waals surface area (Å²) in [5.74, 6) is -0.140. The summed E-state index contributed by atoms with van der Waals surface area (Å²) in [6.07, 6.45) is 4.67. The van der Waals surface area contributed by atoms with E-state index in [9.17, 15) is 9.90 Å². The van der Waals surface area contributed by atoms with E-state index in [1.807, 2.05) is 11.9 Å². The Morgan fingerprint density at radius 3 is 2.73 bits per heavy atom. The third-order valence-electron chi connectivity index (χ3n) is 3.52. The summed E-state index contributed by atoms with van der Waals surface area (Å²) < 4.78 is 4.92. The van der Waals surface area contributed by atoms with Gasteiger partial charge in [-0.1, -0.05) is 12.8 Å². The molecule has 86 valence electrons.